The van der Waals surface area contributed by atoms with E-state index in [0.717, 1.165) is 33.5 Å². The van der Waals surface area contributed by atoms with Crippen LogP contribution in [0.15, 0.2) is 36.4 Å². The van der Waals surface area contributed by atoms with Crippen LogP contribution in [0.2, 0.25) is 0 Å². The summed E-state index contributed by atoms with van der Waals surface area (Å²) in [5.74, 6) is 0.121. The third-order valence-corrected chi connectivity index (χ3v) is 6.13. The van der Waals surface area contributed by atoms with Gasteiger partial charge in [-0.25, -0.2) is 0 Å². The first kappa shape index (κ1) is 19.6. The molecule has 2 atom stereocenters. The summed E-state index contributed by atoms with van der Waals surface area (Å²) in [6.07, 6.45) is 1.31. The standard InChI is InChI=1S/C23H28N4O2/c1-15-20(16(2)26(3)25-15)10-11-23(29)27-13-18(22(28)14-27)12-19-9-8-17-6-4-5-7-21(17)24-19/h4-9,18,22,28H,10-14H2,1-3H3/t18-,22-/m1/s1. The van der Waals surface area contributed by atoms with Crippen molar-refractivity contribution < 1.29 is 9.90 Å². The van der Waals surface area contributed by atoms with Crippen molar-refractivity contribution in [2.45, 2.75) is 39.2 Å². The Hall–Kier alpha value is -2.73. The minimum atomic E-state index is -0.505. The van der Waals surface area contributed by atoms with Crippen LogP contribution in [0.4, 0.5) is 0 Å². The summed E-state index contributed by atoms with van der Waals surface area (Å²) in [7, 11) is 1.93. The summed E-state index contributed by atoms with van der Waals surface area (Å²) >= 11 is 0. The second-order valence-electron chi connectivity index (χ2n) is 8.10. The maximum Gasteiger partial charge on any atom is 0.223 e. The zero-order chi connectivity index (χ0) is 20.5. The minimum absolute atomic E-state index is 0.0227. The van der Waals surface area contributed by atoms with Crippen molar-refractivity contribution in [1.29, 1.82) is 0 Å². The van der Waals surface area contributed by atoms with Crippen molar-refractivity contribution in [2.24, 2.45) is 13.0 Å². The lowest BCUT2D eigenvalue weighted by Gasteiger charge is -2.16. The van der Waals surface area contributed by atoms with Crippen molar-refractivity contribution >= 4 is 16.8 Å². The average molecular weight is 393 g/mol. The summed E-state index contributed by atoms with van der Waals surface area (Å²) in [5, 5.41) is 16.1. The fourth-order valence-corrected chi connectivity index (χ4v) is 4.32. The number of pyridine rings is 1. The van der Waals surface area contributed by atoms with Crippen LogP contribution in [0.1, 0.15) is 29.1 Å². The van der Waals surface area contributed by atoms with Crippen LogP contribution < -0.4 is 0 Å². The highest BCUT2D eigenvalue weighted by molar-refractivity contribution is 5.78. The Labute approximate surface area is 171 Å². The first-order chi connectivity index (χ1) is 13.9. The van der Waals surface area contributed by atoms with Gasteiger partial charge < -0.3 is 10.0 Å². The second kappa shape index (κ2) is 7.95. The molecule has 0 unspecified atom stereocenters. The molecule has 0 spiro atoms. The van der Waals surface area contributed by atoms with Crippen LogP contribution in [0.3, 0.4) is 0 Å². The van der Waals surface area contributed by atoms with Gasteiger partial charge in [0.15, 0.2) is 0 Å². The molecular weight excluding hydrogens is 364 g/mol. The Balaban J connectivity index is 1.37. The number of hydrogen-bond donors (Lipinski definition) is 1. The van der Waals surface area contributed by atoms with Crippen molar-refractivity contribution in [2.75, 3.05) is 13.1 Å². The van der Waals surface area contributed by atoms with Gasteiger partial charge in [-0.2, -0.15) is 5.10 Å². The van der Waals surface area contributed by atoms with Crippen LogP contribution in [0, 0.1) is 19.8 Å². The molecule has 0 aliphatic carbocycles. The molecule has 1 aromatic carbocycles. The fourth-order valence-electron chi connectivity index (χ4n) is 4.32. The van der Waals surface area contributed by atoms with Gasteiger partial charge in [-0.1, -0.05) is 24.3 Å². The predicted molar refractivity (Wildman–Crippen MR) is 113 cm³/mol. The van der Waals surface area contributed by atoms with E-state index in [1.807, 2.05) is 55.9 Å². The minimum Gasteiger partial charge on any atom is -0.391 e. The van der Waals surface area contributed by atoms with E-state index in [2.05, 4.69) is 11.2 Å². The third-order valence-electron chi connectivity index (χ3n) is 6.13. The zero-order valence-corrected chi connectivity index (χ0v) is 17.3. The van der Waals surface area contributed by atoms with Crippen LogP contribution >= 0.6 is 0 Å². The van der Waals surface area contributed by atoms with Crippen molar-refractivity contribution in [3.05, 3.63) is 59.0 Å². The third kappa shape index (κ3) is 4.03. The highest BCUT2D eigenvalue weighted by atomic mass is 16.3. The number of aromatic nitrogens is 3. The van der Waals surface area contributed by atoms with Gasteiger partial charge in [-0.15, -0.1) is 0 Å². The van der Waals surface area contributed by atoms with E-state index in [4.69, 9.17) is 4.98 Å². The highest BCUT2D eigenvalue weighted by Gasteiger charge is 2.34. The predicted octanol–water partition coefficient (Wildman–Crippen LogP) is 2.58. The molecule has 1 amide bonds. The largest absolute Gasteiger partial charge is 0.391 e. The van der Waals surface area contributed by atoms with Crippen molar-refractivity contribution in [3.8, 4) is 0 Å². The molecule has 1 N–H and O–H groups in total. The summed E-state index contributed by atoms with van der Waals surface area (Å²) in [4.78, 5) is 19.3. The van der Waals surface area contributed by atoms with Crippen molar-refractivity contribution in [1.82, 2.24) is 19.7 Å². The monoisotopic (exact) mass is 392 g/mol. The Bertz CT molecular complexity index is 1040. The topological polar surface area (TPSA) is 71.2 Å². The maximum atomic E-state index is 12.7. The number of para-hydroxylation sites is 1. The van der Waals surface area contributed by atoms with E-state index < -0.39 is 6.10 Å². The number of amides is 1. The molecule has 6 heteroatoms. The van der Waals surface area contributed by atoms with Crippen LogP contribution in [0.25, 0.3) is 10.9 Å². The summed E-state index contributed by atoms with van der Waals surface area (Å²) in [6.45, 7) is 5.01. The maximum absolute atomic E-state index is 12.7. The van der Waals surface area contributed by atoms with Gasteiger partial charge in [-0.3, -0.25) is 14.5 Å². The highest BCUT2D eigenvalue weighted by Crippen LogP contribution is 2.24. The van der Waals surface area contributed by atoms with Crippen LogP contribution in [-0.2, 0) is 24.7 Å². The van der Waals surface area contributed by atoms with Gasteiger partial charge in [-0.05, 0) is 44.4 Å². The average Bonchev–Trinajstić information content (AvgIpc) is 3.19. The molecule has 3 heterocycles. The SMILES string of the molecule is Cc1nn(C)c(C)c1CCC(=O)N1C[C@@H](Cc2ccc3ccccc3n2)[C@H](O)C1. The lowest BCUT2D eigenvalue weighted by molar-refractivity contribution is -0.130. The lowest BCUT2D eigenvalue weighted by Crippen LogP contribution is -2.29. The number of benzene rings is 1. The number of aliphatic hydroxyl groups is 1. The summed E-state index contributed by atoms with van der Waals surface area (Å²) in [6, 6.07) is 12.1. The summed E-state index contributed by atoms with van der Waals surface area (Å²) in [5.41, 5.74) is 5.17. The molecule has 0 radical (unpaired) electrons. The molecule has 3 aromatic rings. The molecule has 4 rings (SSSR count). The number of carbonyl (C=O) groups excluding carboxylic acids is 1. The van der Waals surface area contributed by atoms with E-state index in [1.165, 1.54) is 0 Å². The molecule has 1 fully saturated rings. The molecule has 152 valence electrons. The quantitative estimate of drug-likeness (QED) is 0.724. The van der Waals surface area contributed by atoms with E-state index in [9.17, 15) is 9.90 Å². The lowest BCUT2D eigenvalue weighted by atomic mass is 9.99. The summed E-state index contributed by atoms with van der Waals surface area (Å²) < 4.78 is 1.86. The first-order valence-electron chi connectivity index (χ1n) is 10.2. The number of carbonyl (C=O) groups is 1. The number of nitrogens with zero attached hydrogens (tertiary/aromatic N) is 4. The molecule has 1 aliphatic rings. The van der Waals surface area contributed by atoms with Gasteiger partial charge in [0.1, 0.15) is 0 Å². The van der Waals surface area contributed by atoms with Crippen LogP contribution in [0.5, 0.6) is 0 Å². The first-order valence-corrected chi connectivity index (χ1v) is 10.2. The molecule has 2 aromatic heterocycles. The van der Waals surface area contributed by atoms with E-state index >= 15 is 0 Å². The molecule has 6 nitrogen and oxygen atoms in total. The van der Waals surface area contributed by atoms with E-state index in [-0.39, 0.29) is 11.8 Å². The van der Waals surface area contributed by atoms with Crippen LogP contribution in [-0.4, -0.2) is 49.9 Å². The van der Waals surface area contributed by atoms with Gasteiger partial charge in [0.2, 0.25) is 5.91 Å². The van der Waals surface area contributed by atoms with E-state index in [0.29, 0.717) is 32.4 Å². The molecule has 1 aliphatic heterocycles. The Morgan fingerprint density at radius 1 is 1.17 bits per heavy atom. The van der Waals surface area contributed by atoms with Gasteiger partial charge >= 0.3 is 0 Å². The van der Waals surface area contributed by atoms with Gasteiger partial charge in [0.05, 0.1) is 17.3 Å². The fraction of sp³-hybridized carbons (Fsp3) is 0.435. The molecule has 0 saturated carbocycles. The number of likely N-dealkylation sites (tertiary alicyclic amines) is 1. The number of aliphatic hydroxyl groups excluding tert-OH is 1. The van der Waals surface area contributed by atoms with Crippen molar-refractivity contribution in [3.63, 3.8) is 0 Å². The normalized spacial score (nSPS) is 19.2. The molecule has 1 saturated heterocycles. The number of fused-ring (bicyclic) bond motifs is 1. The molecule has 29 heavy (non-hydrogen) atoms. The number of hydrogen-bond acceptors (Lipinski definition) is 4. The molecule has 0 bridgehead atoms. The zero-order valence-electron chi connectivity index (χ0n) is 17.3. The molecular formula is C23H28N4O2. The smallest absolute Gasteiger partial charge is 0.223 e. The van der Waals surface area contributed by atoms with E-state index in [1.54, 1.807) is 4.90 Å². The number of rotatable bonds is 5. The Kier molecular flexibility index (Phi) is 5.37. The Morgan fingerprint density at radius 3 is 2.72 bits per heavy atom. The number of aryl methyl sites for hydroxylation is 2. The second-order valence-corrected chi connectivity index (χ2v) is 8.10. The van der Waals surface area contributed by atoms with Gasteiger partial charge in [0.25, 0.3) is 0 Å². The Morgan fingerprint density at radius 2 is 1.97 bits per heavy atom. The van der Waals surface area contributed by atoms with Gasteiger partial charge in [0, 0.05) is 49.2 Å². The number of β-amino-alcohol motifs (C(OH)–C–C–N with tert-alkyl or cyclic N) is 1.